The number of rotatable bonds is 1. The zero-order valence-electron chi connectivity index (χ0n) is 11.9. The van der Waals surface area contributed by atoms with Gasteiger partial charge in [0.1, 0.15) is 0 Å². The summed E-state index contributed by atoms with van der Waals surface area (Å²) >= 11 is 0. The van der Waals surface area contributed by atoms with E-state index in [-0.39, 0.29) is 0 Å². The van der Waals surface area contributed by atoms with Crippen LogP contribution < -0.4 is 5.32 Å². The van der Waals surface area contributed by atoms with E-state index in [0.29, 0.717) is 6.04 Å². The lowest BCUT2D eigenvalue weighted by atomic mass is 10.1. The number of hydrogen-bond donors (Lipinski definition) is 1. The Hall–Kier alpha value is -1.06. The van der Waals surface area contributed by atoms with Crippen molar-refractivity contribution in [2.24, 2.45) is 0 Å². The third kappa shape index (κ3) is 3.10. The molecule has 0 aromatic heterocycles. The Labute approximate surface area is 116 Å². The molecule has 3 nitrogen and oxygen atoms in total. The lowest BCUT2D eigenvalue weighted by Gasteiger charge is -2.29. The SMILES string of the molecule is CN1CCCN(C2CCc3ccccc3NC2)CC1. The summed E-state index contributed by atoms with van der Waals surface area (Å²) in [6.07, 6.45) is 3.80. The molecule has 0 radical (unpaired) electrons. The van der Waals surface area contributed by atoms with Crippen LogP contribution in [0, 0.1) is 0 Å². The molecule has 1 unspecified atom stereocenters. The third-order valence-electron chi connectivity index (χ3n) is 4.56. The quantitative estimate of drug-likeness (QED) is 0.833. The first-order chi connectivity index (χ1) is 9.33. The predicted molar refractivity (Wildman–Crippen MR) is 80.7 cm³/mol. The Morgan fingerprint density at radius 2 is 2.00 bits per heavy atom. The lowest BCUT2D eigenvalue weighted by Crippen LogP contribution is -2.41. The molecule has 1 aromatic rings. The maximum Gasteiger partial charge on any atom is 0.0373 e. The largest absolute Gasteiger partial charge is 0.383 e. The molecule has 19 heavy (non-hydrogen) atoms. The molecule has 1 saturated heterocycles. The Morgan fingerprint density at radius 1 is 1.11 bits per heavy atom. The van der Waals surface area contributed by atoms with Crippen molar-refractivity contribution >= 4 is 5.69 Å². The first-order valence-corrected chi connectivity index (χ1v) is 7.57. The van der Waals surface area contributed by atoms with E-state index < -0.39 is 0 Å². The Bertz CT molecular complexity index is 391. The fourth-order valence-corrected chi connectivity index (χ4v) is 3.31. The number of benzene rings is 1. The van der Waals surface area contributed by atoms with Gasteiger partial charge in [-0.05, 0) is 51.0 Å². The zero-order chi connectivity index (χ0) is 13.1. The number of aryl methyl sites for hydroxylation is 1. The number of hydrogen-bond acceptors (Lipinski definition) is 3. The van der Waals surface area contributed by atoms with Crippen molar-refractivity contribution < 1.29 is 0 Å². The van der Waals surface area contributed by atoms with Gasteiger partial charge in [-0.3, -0.25) is 4.90 Å². The second-order valence-corrected chi connectivity index (χ2v) is 5.92. The van der Waals surface area contributed by atoms with Crippen molar-refractivity contribution in [3.63, 3.8) is 0 Å². The smallest absolute Gasteiger partial charge is 0.0373 e. The van der Waals surface area contributed by atoms with E-state index in [4.69, 9.17) is 0 Å². The number of nitrogens with zero attached hydrogens (tertiary/aromatic N) is 2. The molecule has 3 heteroatoms. The molecular formula is C16H25N3. The average molecular weight is 259 g/mol. The topological polar surface area (TPSA) is 18.5 Å². The number of anilines is 1. The van der Waals surface area contributed by atoms with Gasteiger partial charge in [0.15, 0.2) is 0 Å². The third-order valence-corrected chi connectivity index (χ3v) is 4.56. The molecule has 2 heterocycles. The highest BCUT2D eigenvalue weighted by atomic mass is 15.2. The number of fused-ring (bicyclic) bond motifs is 1. The van der Waals surface area contributed by atoms with Crippen LogP contribution in [0.2, 0.25) is 0 Å². The van der Waals surface area contributed by atoms with E-state index in [9.17, 15) is 0 Å². The van der Waals surface area contributed by atoms with Gasteiger partial charge in [-0.2, -0.15) is 0 Å². The van der Waals surface area contributed by atoms with Crippen molar-refractivity contribution in [2.75, 3.05) is 45.1 Å². The van der Waals surface area contributed by atoms with Crippen LogP contribution in [0.1, 0.15) is 18.4 Å². The molecule has 1 aromatic carbocycles. The van der Waals surface area contributed by atoms with Crippen molar-refractivity contribution in [3.05, 3.63) is 29.8 Å². The van der Waals surface area contributed by atoms with E-state index in [0.717, 1.165) is 6.54 Å². The standard InChI is InChI=1S/C16H25N3/c1-18-9-4-10-19(12-11-18)15-8-7-14-5-2-3-6-16(14)17-13-15/h2-3,5-6,15,17H,4,7-13H2,1H3. The molecule has 0 amide bonds. The van der Waals surface area contributed by atoms with Gasteiger partial charge in [-0.15, -0.1) is 0 Å². The fourth-order valence-electron chi connectivity index (χ4n) is 3.31. The number of para-hydroxylation sites is 1. The van der Waals surface area contributed by atoms with Crippen LogP contribution in [0.4, 0.5) is 5.69 Å². The maximum atomic E-state index is 3.65. The minimum absolute atomic E-state index is 0.693. The highest BCUT2D eigenvalue weighted by molar-refractivity contribution is 5.52. The second kappa shape index (κ2) is 5.93. The minimum atomic E-state index is 0.693. The molecule has 0 aliphatic carbocycles. The molecular weight excluding hydrogens is 234 g/mol. The molecule has 1 fully saturated rings. The molecule has 2 aliphatic heterocycles. The summed E-state index contributed by atoms with van der Waals surface area (Å²) in [5.74, 6) is 0. The molecule has 2 aliphatic rings. The van der Waals surface area contributed by atoms with Crippen LogP contribution in [0.25, 0.3) is 0 Å². The van der Waals surface area contributed by atoms with E-state index in [1.807, 2.05) is 0 Å². The van der Waals surface area contributed by atoms with Crippen molar-refractivity contribution in [1.29, 1.82) is 0 Å². The van der Waals surface area contributed by atoms with E-state index in [1.165, 1.54) is 56.7 Å². The first-order valence-electron chi connectivity index (χ1n) is 7.57. The number of nitrogens with one attached hydrogen (secondary N) is 1. The molecule has 1 atom stereocenters. The summed E-state index contributed by atoms with van der Waals surface area (Å²) < 4.78 is 0. The normalized spacial score (nSPS) is 26.1. The molecule has 3 rings (SSSR count). The summed E-state index contributed by atoms with van der Waals surface area (Å²) in [6, 6.07) is 9.46. The van der Waals surface area contributed by atoms with E-state index in [2.05, 4.69) is 46.4 Å². The average Bonchev–Trinajstić information content (AvgIpc) is 2.77. The highest BCUT2D eigenvalue weighted by Crippen LogP contribution is 2.23. The summed E-state index contributed by atoms with van der Waals surface area (Å²) in [4.78, 5) is 5.15. The molecule has 0 saturated carbocycles. The van der Waals surface area contributed by atoms with Crippen LogP contribution in [0.15, 0.2) is 24.3 Å². The van der Waals surface area contributed by atoms with E-state index in [1.54, 1.807) is 0 Å². The van der Waals surface area contributed by atoms with Crippen LogP contribution in [-0.2, 0) is 6.42 Å². The summed E-state index contributed by atoms with van der Waals surface area (Å²) in [6.45, 7) is 6.03. The van der Waals surface area contributed by atoms with Crippen molar-refractivity contribution in [3.8, 4) is 0 Å². The Morgan fingerprint density at radius 3 is 2.95 bits per heavy atom. The number of likely N-dealkylation sites (N-methyl/N-ethyl adjacent to an activating group) is 1. The van der Waals surface area contributed by atoms with Crippen LogP contribution >= 0.6 is 0 Å². The van der Waals surface area contributed by atoms with Gasteiger partial charge < -0.3 is 10.2 Å². The molecule has 0 bridgehead atoms. The summed E-state index contributed by atoms with van der Waals surface area (Å²) in [5.41, 5.74) is 2.83. The first kappa shape index (κ1) is 12.9. The monoisotopic (exact) mass is 259 g/mol. The Kier molecular flexibility index (Phi) is 4.04. The predicted octanol–water partition coefficient (Wildman–Crippen LogP) is 2.05. The summed E-state index contributed by atoms with van der Waals surface area (Å²) in [5, 5.41) is 3.65. The highest BCUT2D eigenvalue weighted by Gasteiger charge is 2.23. The minimum Gasteiger partial charge on any atom is -0.383 e. The van der Waals surface area contributed by atoms with Gasteiger partial charge in [-0.1, -0.05) is 18.2 Å². The van der Waals surface area contributed by atoms with Crippen molar-refractivity contribution in [1.82, 2.24) is 9.80 Å². The lowest BCUT2D eigenvalue weighted by molar-refractivity contribution is 0.202. The molecule has 104 valence electrons. The fraction of sp³-hybridized carbons (Fsp3) is 0.625. The molecule has 1 N–H and O–H groups in total. The Balaban J connectivity index is 1.65. The second-order valence-electron chi connectivity index (χ2n) is 5.92. The van der Waals surface area contributed by atoms with Gasteiger partial charge in [0, 0.05) is 31.4 Å². The van der Waals surface area contributed by atoms with Gasteiger partial charge in [-0.25, -0.2) is 0 Å². The van der Waals surface area contributed by atoms with Gasteiger partial charge in [0.25, 0.3) is 0 Å². The van der Waals surface area contributed by atoms with Gasteiger partial charge >= 0.3 is 0 Å². The van der Waals surface area contributed by atoms with Crippen molar-refractivity contribution in [2.45, 2.75) is 25.3 Å². The van der Waals surface area contributed by atoms with Crippen LogP contribution in [-0.4, -0.2) is 55.6 Å². The van der Waals surface area contributed by atoms with Crippen LogP contribution in [0.3, 0.4) is 0 Å². The van der Waals surface area contributed by atoms with Gasteiger partial charge in [0.05, 0.1) is 0 Å². The zero-order valence-corrected chi connectivity index (χ0v) is 11.9. The van der Waals surface area contributed by atoms with E-state index >= 15 is 0 Å². The van der Waals surface area contributed by atoms with Crippen LogP contribution in [0.5, 0.6) is 0 Å². The summed E-state index contributed by atoms with van der Waals surface area (Å²) in [7, 11) is 2.24. The maximum absolute atomic E-state index is 3.65. The van der Waals surface area contributed by atoms with Gasteiger partial charge in [0.2, 0.25) is 0 Å². The molecule has 0 spiro atoms.